The van der Waals surface area contributed by atoms with Gasteiger partial charge in [0.25, 0.3) is 0 Å². The Hall–Kier alpha value is -2.31. The quantitative estimate of drug-likeness (QED) is 0.603. The van der Waals surface area contributed by atoms with Gasteiger partial charge in [0.15, 0.2) is 5.82 Å². The Bertz CT molecular complexity index is 932. The van der Waals surface area contributed by atoms with Crippen molar-refractivity contribution in [1.29, 1.82) is 0 Å². The average molecular weight is 380 g/mol. The lowest BCUT2D eigenvalue weighted by molar-refractivity contribution is 0.100. The maximum atomic E-state index is 5.85. The number of hydrogen-bond acceptors (Lipinski definition) is 4. The highest BCUT2D eigenvalue weighted by Gasteiger charge is 2.23. The van der Waals surface area contributed by atoms with Crippen LogP contribution in [-0.4, -0.2) is 36.8 Å². The summed E-state index contributed by atoms with van der Waals surface area (Å²) in [5.41, 5.74) is 2.00. The summed E-state index contributed by atoms with van der Waals surface area (Å²) in [5.74, 6) is 0.837. The molecule has 140 valence electrons. The smallest absolute Gasteiger partial charge is 0.204 e. The maximum absolute atomic E-state index is 5.85. The number of benzene rings is 1. The molecule has 0 aliphatic carbocycles. The van der Waals surface area contributed by atoms with E-state index in [4.69, 9.17) is 17.3 Å². The van der Waals surface area contributed by atoms with Crippen LogP contribution >= 0.6 is 12.2 Å². The fourth-order valence-corrected chi connectivity index (χ4v) is 4.16. The van der Waals surface area contributed by atoms with Gasteiger partial charge >= 0.3 is 0 Å². The molecule has 6 heteroatoms. The molecule has 0 unspecified atom stereocenters. The van der Waals surface area contributed by atoms with Gasteiger partial charge in [-0.25, -0.2) is 4.68 Å². The van der Waals surface area contributed by atoms with Gasteiger partial charge in [0.05, 0.1) is 6.67 Å². The van der Waals surface area contributed by atoms with Crippen LogP contribution in [0.2, 0.25) is 0 Å². The zero-order valence-electron chi connectivity index (χ0n) is 15.7. The first-order valence-corrected chi connectivity index (χ1v) is 10.1. The Morgan fingerprint density at radius 1 is 1.11 bits per heavy atom. The molecule has 3 heterocycles. The fourth-order valence-electron chi connectivity index (χ4n) is 3.87. The Balaban J connectivity index is 1.77. The first-order chi connectivity index (χ1) is 13.3. The molecule has 0 saturated carbocycles. The molecule has 0 bridgehead atoms. The molecule has 1 atom stereocenters. The van der Waals surface area contributed by atoms with Gasteiger partial charge in [-0.1, -0.05) is 31.5 Å². The molecule has 1 aliphatic rings. The summed E-state index contributed by atoms with van der Waals surface area (Å²) < 4.78 is 4.75. The lowest BCUT2D eigenvalue weighted by atomic mass is 10.0. The van der Waals surface area contributed by atoms with E-state index in [9.17, 15) is 0 Å². The van der Waals surface area contributed by atoms with E-state index < -0.39 is 0 Å². The largest absolute Gasteiger partial charge is 0.281 e. The maximum Gasteiger partial charge on any atom is 0.204 e. The summed E-state index contributed by atoms with van der Waals surface area (Å²) in [5, 5.41) is 4.91. The zero-order chi connectivity index (χ0) is 18.6. The molecule has 0 radical (unpaired) electrons. The van der Waals surface area contributed by atoms with E-state index in [0.29, 0.717) is 6.04 Å². The highest BCUT2D eigenvalue weighted by molar-refractivity contribution is 7.71. The molecule has 1 saturated heterocycles. The van der Waals surface area contributed by atoms with Crippen molar-refractivity contribution in [3.8, 4) is 17.1 Å². The number of nitrogens with zero attached hydrogens (tertiary/aromatic N) is 5. The van der Waals surface area contributed by atoms with Crippen molar-refractivity contribution in [1.82, 2.24) is 24.2 Å². The Morgan fingerprint density at radius 3 is 2.70 bits per heavy atom. The van der Waals surface area contributed by atoms with Crippen LogP contribution in [0.1, 0.15) is 32.6 Å². The second-order valence-electron chi connectivity index (χ2n) is 7.03. The summed E-state index contributed by atoms with van der Waals surface area (Å²) in [6, 6.07) is 14.8. The first-order valence-electron chi connectivity index (χ1n) is 9.67. The highest BCUT2D eigenvalue weighted by atomic mass is 32.1. The van der Waals surface area contributed by atoms with E-state index in [2.05, 4.69) is 33.5 Å². The number of hydrogen-bond donors (Lipinski definition) is 0. The summed E-state index contributed by atoms with van der Waals surface area (Å²) in [7, 11) is 0. The molecule has 1 aliphatic heterocycles. The third-order valence-corrected chi connectivity index (χ3v) is 5.70. The second kappa shape index (κ2) is 8.15. The minimum absolute atomic E-state index is 0.615. The van der Waals surface area contributed by atoms with E-state index in [1.165, 1.54) is 25.7 Å². The lowest BCUT2D eigenvalue weighted by Gasteiger charge is -2.34. The Morgan fingerprint density at radius 2 is 1.96 bits per heavy atom. The van der Waals surface area contributed by atoms with Gasteiger partial charge in [0.2, 0.25) is 4.77 Å². The molecule has 27 heavy (non-hydrogen) atoms. The molecule has 1 fully saturated rings. The third-order valence-electron chi connectivity index (χ3n) is 5.31. The highest BCUT2D eigenvalue weighted by Crippen LogP contribution is 2.24. The average Bonchev–Trinajstić information content (AvgIpc) is 3.06. The molecule has 0 N–H and O–H groups in total. The minimum atomic E-state index is 0.615. The zero-order valence-corrected chi connectivity index (χ0v) is 16.5. The summed E-state index contributed by atoms with van der Waals surface area (Å²) in [6.45, 7) is 4.12. The van der Waals surface area contributed by atoms with Crippen LogP contribution in [0.25, 0.3) is 17.1 Å². The molecule has 0 spiro atoms. The van der Waals surface area contributed by atoms with E-state index in [1.807, 2.05) is 41.2 Å². The predicted octanol–water partition coefficient (Wildman–Crippen LogP) is 4.69. The molecule has 0 amide bonds. The SMILES string of the molecule is CC[C@@H]1CCCCN1Cn1nc(-c2cccnc2)n(-c2ccccc2)c1=S. The predicted molar refractivity (Wildman–Crippen MR) is 110 cm³/mol. The summed E-state index contributed by atoms with van der Waals surface area (Å²) in [4.78, 5) is 6.79. The van der Waals surface area contributed by atoms with Gasteiger partial charge in [0, 0.05) is 36.2 Å². The van der Waals surface area contributed by atoms with Crippen LogP contribution in [0.4, 0.5) is 0 Å². The van der Waals surface area contributed by atoms with E-state index in [-0.39, 0.29) is 0 Å². The van der Waals surface area contributed by atoms with Crippen molar-refractivity contribution >= 4 is 12.2 Å². The molecular weight excluding hydrogens is 354 g/mol. The number of para-hydroxylation sites is 1. The summed E-state index contributed by atoms with van der Waals surface area (Å²) in [6.07, 6.45) is 8.62. The van der Waals surface area contributed by atoms with Gasteiger partial charge in [0.1, 0.15) is 0 Å². The van der Waals surface area contributed by atoms with Crippen molar-refractivity contribution in [3.05, 3.63) is 59.6 Å². The van der Waals surface area contributed by atoms with Crippen molar-refractivity contribution < 1.29 is 0 Å². The van der Waals surface area contributed by atoms with Crippen LogP contribution in [0.5, 0.6) is 0 Å². The standard InChI is InChI=1S/C21H25N5S/c1-2-18-10-6-7-14-24(18)16-25-21(27)26(19-11-4-3-5-12-19)20(23-25)17-9-8-13-22-15-17/h3-5,8-9,11-13,15,18H,2,6-7,10,14,16H2,1H3/t18-/m1/s1. The van der Waals surface area contributed by atoms with Crippen molar-refractivity contribution in [2.75, 3.05) is 6.54 Å². The van der Waals surface area contributed by atoms with Crippen LogP contribution in [0.15, 0.2) is 54.9 Å². The van der Waals surface area contributed by atoms with Gasteiger partial charge in [-0.2, -0.15) is 0 Å². The topological polar surface area (TPSA) is 38.9 Å². The summed E-state index contributed by atoms with van der Waals surface area (Å²) >= 11 is 5.85. The number of pyridine rings is 1. The molecular formula is C21H25N5S. The van der Waals surface area contributed by atoms with Crippen molar-refractivity contribution in [2.45, 2.75) is 45.3 Å². The second-order valence-corrected chi connectivity index (χ2v) is 7.40. The van der Waals surface area contributed by atoms with Crippen molar-refractivity contribution in [3.63, 3.8) is 0 Å². The van der Waals surface area contributed by atoms with Gasteiger partial charge in [-0.05, 0) is 55.7 Å². The number of piperidine rings is 1. The van der Waals surface area contributed by atoms with Gasteiger partial charge < -0.3 is 0 Å². The van der Waals surface area contributed by atoms with E-state index in [1.54, 1.807) is 6.20 Å². The minimum Gasteiger partial charge on any atom is -0.281 e. The molecule has 5 nitrogen and oxygen atoms in total. The van der Waals surface area contributed by atoms with Crippen LogP contribution in [0.3, 0.4) is 0 Å². The van der Waals surface area contributed by atoms with E-state index >= 15 is 0 Å². The molecule has 1 aromatic carbocycles. The van der Waals surface area contributed by atoms with Gasteiger partial charge in [-0.3, -0.25) is 14.5 Å². The van der Waals surface area contributed by atoms with E-state index in [0.717, 1.165) is 35.1 Å². The fraction of sp³-hybridized carbons (Fsp3) is 0.381. The molecule has 4 rings (SSSR count). The Labute approximate surface area is 165 Å². The van der Waals surface area contributed by atoms with Crippen LogP contribution < -0.4 is 0 Å². The van der Waals surface area contributed by atoms with Crippen LogP contribution in [-0.2, 0) is 6.67 Å². The monoisotopic (exact) mass is 379 g/mol. The van der Waals surface area contributed by atoms with Crippen molar-refractivity contribution in [2.24, 2.45) is 0 Å². The van der Waals surface area contributed by atoms with Gasteiger partial charge in [-0.15, -0.1) is 5.10 Å². The number of aromatic nitrogens is 4. The number of rotatable bonds is 5. The normalized spacial score (nSPS) is 17.9. The number of likely N-dealkylation sites (tertiary alicyclic amines) is 1. The lowest BCUT2D eigenvalue weighted by Crippen LogP contribution is -2.40. The molecule has 3 aromatic rings. The van der Waals surface area contributed by atoms with Crippen LogP contribution in [0, 0.1) is 4.77 Å². The Kier molecular flexibility index (Phi) is 5.45. The first kappa shape index (κ1) is 18.1. The third kappa shape index (κ3) is 3.73. The molecule has 2 aromatic heterocycles.